The minimum atomic E-state index is -0.867. The number of carbonyl (C=O) groups excluding carboxylic acids is 3. The minimum absolute atomic E-state index is 0.00274. The van der Waals surface area contributed by atoms with Crippen molar-refractivity contribution in [3.8, 4) is 28.4 Å². The number of ether oxygens (including phenoxy) is 4. The Kier molecular flexibility index (Phi) is 12.9. The summed E-state index contributed by atoms with van der Waals surface area (Å²) in [5.41, 5.74) is 2.50. The van der Waals surface area contributed by atoms with Gasteiger partial charge in [0.1, 0.15) is 22.8 Å². The first-order chi connectivity index (χ1) is 20.7. The standard InChI is InChI=1S/C35H38O8/c1-5-6-7-8-9-10-26-11-16-29(17-12-26)42-35(39)31-21-28(15-20-32(31)43-33(37)24(2)22-36)27-13-18-30(19-14-27)41-34(38)25(3)23-40-4/h11-21,36H,2-3,5-10,22-23H2,1,4H3. The summed E-state index contributed by atoms with van der Waals surface area (Å²) in [4.78, 5) is 37.8. The average molecular weight is 587 g/mol. The molecule has 0 fully saturated rings. The Hall–Kier alpha value is -4.53. The lowest BCUT2D eigenvalue weighted by Gasteiger charge is -2.13. The number of methoxy groups -OCH3 is 1. The second kappa shape index (κ2) is 16.8. The van der Waals surface area contributed by atoms with E-state index < -0.39 is 24.5 Å². The van der Waals surface area contributed by atoms with Gasteiger partial charge in [0.25, 0.3) is 0 Å². The zero-order valence-corrected chi connectivity index (χ0v) is 24.7. The van der Waals surface area contributed by atoms with Gasteiger partial charge < -0.3 is 24.1 Å². The summed E-state index contributed by atoms with van der Waals surface area (Å²) in [6.07, 6.45) is 6.92. The zero-order chi connectivity index (χ0) is 31.2. The van der Waals surface area contributed by atoms with Crippen LogP contribution in [0, 0.1) is 0 Å². The van der Waals surface area contributed by atoms with Crippen molar-refractivity contribution in [3.05, 3.63) is 102 Å². The monoisotopic (exact) mass is 586 g/mol. The van der Waals surface area contributed by atoms with Crippen molar-refractivity contribution in [3.63, 3.8) is 0 Å². The highest BCUT2D eigenvalue weighted by atomic mass is 16.6. The normalized spacial score (nSPS) is 10.6. The third-order valence-corrected chi connectivity index (χ3v) is 6.59. The molecule has 3 aromatic carbocycles. The molecule has 0 aliphatic rings. The Bertz CT molecular complexity index is 1420. The molecule has 0 aliphatic heterocycles. The van der Waals surface area contributed by atoms with E-state index in [-0.39, 0.29) is 29.1 Å². The number of aryl methyl sites for hydroxylation is 1. The zero-order valence-electron chi connectivity index (χ0n) is 24.7. The third-order valence-electron chi connectivity index (χ3n) is 6.59. The van der Waals surface area contributed by atoms with Crippen LogP contribution in [0.25, 0.3) is 11.1 Å². The topological polar surface area (TPSA) is 108 Å². The second-order valence-corrected chi connectivity index (χ2v) is 10.0. The van der Waals surface area contributed by atoms with Gasteiger partial charge in [-0.05, 0) is 65.9 Å². The summed E-state index contributed by atoms with van der Waals surface area (Å²) >= 11 is 0. The largest absolute Gasteiger partial charge is 0.423 e. The third kappa shape index (κ3) is 10.1. The minimum Gasteiger partial charge on any atom is -0.423 e. The van der Waals surface area contributed by atoms with Gasteiger partial charge >= 0.3 is 17.9 Å². The van der Waals surface area contributed by atoms with Gasteiger partial charge in [0.05, 0.1) is 24.4 Å². The van der Waals surface area contributed by atoms with Crippen LogP contribution in [0.15, 0.2) is 91.0 Å². The van der Waals surface area contributed by atoms with Crippen LogP contribution in [0.3, 0.4) is 0 Å². The van der Waals surface area contributed by atoms with E-state index in [0.29, 0.717) is 22.6 Å². The van der Waals surface area contributed by atoms with Crippen LogP contribution in [0.4, 0.5) is 0 Å². The van der Waals surface area contributed by atoms with Crippen molar-refractivity contribution in [1.29, 1.82) is 0 Å². The molecule has 0 bridgehead atoms. The van der Waals surface area contributed by atoms with Gasteiger partial charge in [0, 0.05) is 7.11 Å². The van der Waals surface area contributed by atoms with Crippen molar-refractivity contribution < 1.29 is 38.4 Å². The maximum atomic E-state index is 13.3. The summed E-state index contributed by atoms with van der Waals surface area (Å²) in [6, 6.07) is 18.7. The molecule has 1 N–H and O–H groups in total. The fraction of sp³-hybridized carbons (Fsp3) is 0.286. The van der Waals surface area contributed by atoms with Gasteiger partial charge in [-0.2, -0.15) is 0 Å². The second-order valence-electron chi connectivity index (χ2n) is 10.0. The molecule has 226 valence electrons. The van der Waals surface area contributed by atoms with E-state index in [1.165, 1.54) is 38.9 Å². The van der Waals surface area contributed by atoms with Crippen LogP contribution < -0.4 is 14.2 Å². The van der Waals surface area contributed by atoms with Crippen LogP contribution in [-0.2, 0) is 20.7 Å². The Morgan fingerprint density at radius 3 is 1.98 bits per heavy atom. The lowest BCUT2D eigenvalue weighted by atomic mass is 10.0. The molecule has 8 heteroatoms. The van der Waals surface area contributed by atoms with Gasteiger partial charge in [0.15, 0.2) is 0 Å². The van der Waals surface area contributed by atoms with E-state index in [2.05, 4.69) is 20.1 Å². The number of aliphatic hydroxyl groups is 1. The van der Waals surface area contributed by atoms with Crippen LogP contribution in [0.2, 0.25) is 0 Å². The fourth-order valence-corrected chi connectivity index (χ4v) is 4.14. The van der Waals surface area contributed by atoms with Gasteiger partial charge in [-0.3, -0.25) is 0 Å². The first-order valence-corrected chi connectivity index (χ1v) is 14.2. The summed E-state index contributed by atoms with van der Waals surface area (Å²) in [6.45, 7) is 8.78. The lowest BCUT2D eigenvalue weighted by Crippen LogP contribution is -2.17. The molecule has 0 amide bonds. The molecule has 0 saturated carbocycles. The predicted molar refractivity (Wildman–Crippen MR) is 164 cm³/mol. The number of esters is 3. The van der Waals surface area contributed by atoms with Crippen LogP contribution >= 0.6 is 0 Å². The quantitative estimate of drug-likeness (QED) is 0.0861. The molecular weight excluding hydrogens is 548 g/mol. The number of carbonyl (C=O) groups is 3. The van der Waals surface area contributed by atoms with E-state index in [0.717, 1.165) is 18.4 Å². The highest BCUT2D eigenvalue weighted by Crippen LogP contribution is 2.30. The predicted octanol–water partition coefficient (Wildman–Crippen LogP) is 6.65. The Morgan fingerprint density at radius 2 is 1.33 bits per heavy atom. The summed E-state index contributed by atoms with van der Waals surface area (Å²) in [5.74, 6) is -1.58. The maximum Gasteiger partial charge on any atom is 0.347 e. The fourth-order valence-electron chi connectivity index (χ4n) is 4.14. The molecule has 43 heavy (non-hydrogen) atoms. The van der Waals surface area contributed by atoms with Crippen molar-refractivity contribution in [2.24, 2.45) is 0 Å². The number of hydrogen-bond acceptors (Lipinski definition) is 8. The van der Waals surface area contributed by atoms with E-state index in [4.69, 9.17) is 18.9 Å². The van der Waals surface area contributed by atoms with E-state index in [9.17, 15) is 19.5 Å². The van der Waals surface area contributed by atoms with Crippen LogP contribution in [0.5, 0.6) is 17.2 Å². The molecule has 0 unspecified atom stereocenters. The number of hydrogen-bond donors (Lipinski definition) is 1. The number of unbranched alkanes of at least 4 members (excludes halogenated alkanes) is 4. The van der Waals surface area contributed by atoms with E-state index >= 15 is 0 Å². The molecule has 0 atom stereocenters. The SMILES string of the molecule is C=C(COC)C(=O)Oc1ccc(-c2ccc(OC(=O)C(=C)CO)c(C(=O)Oc3ccc(CCCCCCC)cc3)c2)cc1. The molecule has 0 spiro atoms. The van der Waals surface area contributed by atoms with E-state index in [1.807, 2.05) is 12.1 Å². The van der Waals surface area contributed by atoms with Crippen LogP contribution in [-0.4, -0.2) is 43.3 Å². The van der Waals surface area contributed by atoms with Gasteiger partial charge in [-0.1, -0.05) is 76.1 Å². The smallest absolute Gasteiger partial charge is 0.347 e. The molecule has 0 aliphatic carbocycles. The highest BCUT2D eigenvalue weighted by molar-refractivity contribution is 5.98. The summed E-state index contributed by atoms with van der Waals surface area (Å²) < 4.78 is 21.2. The number of benzene rings is 3. The molecule has 0 aromatic heterocycles. The first kappa shape index (κ1) is 33.0. The van der Waals surface area contributed by atoms with Crippen LogP contribution in [0.1, 0.15) is 54.9 Å². The van der Waals surface area contributed by atoms with E-state index in [1.54, 1.807) is 48.5 Å². The van der Waals surface area contributed by atoms with Gasteiger partial charge in [-0.25, -0.2) is 14.4 Å². The molecule has 8 nitrogen and oxygen atoms in total. The molecule has 3 aromatic rings. The Labute approximate surface area is 252 Å². The summed E-state index contributed by atoms with van der Waals surface area (Å²) in [5, 5.41) is 9.26. The Morgan fingerprint density at radius 1 is 0.721 bits per heavy atom. The van der Waals surface area contributed by atoms with Gasteiger partial charge in [-0.15, -0.1) is 0 Å². The van der Waals surface area contributed by atoms with Crippen molar-refractivity contribution in [2.75, 3.05) is 20.3 Å². The highest BCUT2D eigenvalue weighted by Gasteiger charge is 2.20. The van der Waals surface area contributed by atoms with Crippen molar-refractivity contribution in [1.82, 2.24) is 0 Å². The molecule has 0 radical (unpaired) electrons. The molecular formula is C35H38O8. The summed E-state index contributed by atoms with van der Waals surface area (Å²) in [7, 11) is 1.46. The maximum absolute atomic E-state index is 13.3. The number of aliphatic hydroxyl groups excluding tert-OH is 1. The number of rotatable bonds is 16. The van der Waals surface area contributed by atoms with Crippen molar-refractivity contribution in [2.45, 2.75) is 45.4 Å². The molecule has 0 heterocycles. The average Bonchev–Trinajstić information content (AvgIpc) is 3.02. The van der Waals surface area contributed by atoms with Crippen molar-refractivity contribution >= 4 is 17.9 Å². The molecule has 0 saturated heterocycles. The van der Waals surface area contributed by atoms with Gasteiger partial charge in [0.2, 0.25) is 0 Å². The Balaban J connectivity index is 1.79. The first-order valence-electron chi connectivity index (χ1n) is 14.2. The lowest BCUT2D eigenvalue weighted by molar-refractivity contribution is -0.131. The molecule has 3 rings (SSSR count).